The van der Waals surface area contributed by atoms with Gasteiger partial charge in [-0.05, 0) is 30.2 Å². The molecule has 0 atom stereocenters. The highest BCUT2D eigenvalue weighted by molar-refractivity contribution is 6.03. The molecule has 0 aliphatic carbocycles. The van der Waals surface area contributed by atoms with Crippen LogP contribution in [0.4, 0.5) is 11.4 Å². The topological polar surface area (TPSA) is 100 Å². The summed E-state index contributed by atoms with van der Waals surface area (Å²) >= 11 is 0. The molecule has 0 unspecified atom stereocenters. The number of carbonyl (C=O) groups is 1. The van der Waals surface area contributed by atoms with Crippen molar-refractivity contribution in [3.63, 3.8) is 0 Å². The molecule has 7 nitrogen and oxygen atoms in total. The number of nitrogens with one attached hydrogen (secondary N) is 3. The second kappa shape index (κ2) is 5.37. The molecule has 0 spiro atoms. The normalized spacial score (nSPS) is 13.5. The van der Waals surface area contributed by atoms with Crippen LogP contribution in [0.1, 0.15) is 21.6 Å². The van der Waals surface area contributed by atoms with Gasteiger partial charge in [0, 0.05) is 18.3 Å². The lowest BCUT2D eigenvalue weighted by atomic mass is 9.99. The maximum absolute atomic E-state index is 12.2. The molecule has 1 aliphatic heterocycles. The number of rotatable bonds is 3. The molecule has 3 rings (SSSR count). The smallest absolute Gasteiger partial charge is 0.287 e. The number of nitrogens with zero attached hydrogens (tertiary/aromatic N) is 1. The maximum Gasteiger partial charge on any atom is 0.287 e. The quantitative estimate of drug-likeness (QED) is 0.592. The zero-order valence-electron chi connectivity index (χ0n) is 11.2. The molecule has 3 N–H and O–H groups in total. The van der Waals surface area contributed by atoms with Gasteiger partial charge >= 0.3 is 0 Å². The molecule has 108 valence electrons. The Hall–Kier alpha value is -2.67. The van der Waals surface area contributed by atoms with E-state index in [2.05, 4.69) is 15.6 Å². The van der Waals surface area contributed by atoms with E-state index in [1.54, 1.807) is 0 Å². The van der Waals surface area contributed by atoms with Crippen molar-refractivity contribution in [3.05, 3.63) is 57.4 Å². The first-order valence-electron chi connectivity index (χ1n) is 6.61. The third kappa shape index (κ3) is 2.63. The summed E-state index contributed by atoms with van der Waals surface area (Å²) in [5, 5.41) is 16.7. The van der Waals surface area contributed by atoms with Gasteiger partial charge in [0.25, 0.3) is 11.6 Å². The molecule has 7 heteroatoms. The van der Waals surface area contributed by atoms with Crippen LogP contribution in [0.15, 0.2) is 30.5 Å². The Labute approximate surface area is 120 Å². The highest BCUT2D eigenvalue weighted by Crippen LogP contribution is 2.24. The second-order valence-electron chi connectivity index (χ2n) is 4.85. The Morgan fingerprint density at radius 1 is 1.38 bits per heavy atom. The number of carbonyl (C=O) groups excluding carboxylic acids is 1. The summed E-state index contributed by atoms with van der Waals surface area (Å²) in [6, 6.07) is 6.99. The number of nitro groups is 1. The van der Waals surface area contributed by atoms with Crippen molar-refractivity contribution in [1.29, 1.82) is 0 Å². The van der Waals surface area contributed by atoms with Crippen molar-refractivity contribution in [2.45, 2.75) is 13.0 Å². The summed E-state index contributed by atoms with van der Waals surface area (Å²) in [5.41, 5.74) is 3.09. The van der Waals surface area contributed by atoms with Crippen molar-refractivity contribution in [3.8, 4) is 0 Å². The van der Waals surface area contributed by atoms with Crippen LogP contribution in [0.5, 0.6) is 0 Å². The minimum Gasteiger partial charge on any atom is -0.351 e. The third-order valence-corrected chi connectivity index (χ3v) is 3.51. The minimum atomic E-state index is -0.538. The van der Waals surface area contributed by atoms with Gasteiger partial charge in [-0.15, -0.1) is 0 Å². The second-order valence-corrected chi connectivity index (χ2v) is 4.85. The summed E-state index contributed by atoms with van der Waals surface area (Å²) in [7, 11) is 0. The van der Waals surface area contributed by atoms with E-state index in [0.29, 0.717) is 0 Å². The number of H-pyrrole nitrogens is 1. The monoisotopic (exact) mass is 286 g/mol. The van der Waals surface area contributed by atoms with Crippen LogP contribution < -0.4 is 10.6 Å². The third-order valence-electron chi connectivity index (χ3n) is 3.51. The van der Waals surface area contributed by atoms with Crippen LogP contribution in [0, 0.1) is 10.1 Å². The minimum absolute atomic E-state index is 0.126. The van der Waals surface area contributed by atoms with Gasteiger partial charge in [0.2, 0.25) is 0 Å². The number of amides is 1. The van der Waals surface area contributed by atoms with Gasteiger partial charge in [-0.2, -0.15) is 0 Å². The molecule has 1 aliphatic rings. The van der Waals surface area contributed by atoms with Gasteiger partial charge in [-0.1, -0.05) is 12.1 Å². The van der Waals surface area contributed by atoms with Crippen molar-refractivity contribution < 1.29 is 9.72 Å². The van der Waals surface area contributed by atoms with Crippen LogP contribution in [0.2, 0.25) is 0 Å². The van der Waals surface area contributed by atoms with E-state index in [0.717, 1.165) is 36.3 Å². The molecule has 21 heavy (non-hydrogen) atoms. The Morgan fingerprint density at radius 2 is 2.24 bits per heavy atom. The number of benzene rings is 1. The number of aromatic nitrogens is 1. The summed E-state index contributed by atoms with van der Waals surface area (Å²) in [4.78, 5) is 24.9. The average Bonchev–Trinajstić information content (AvgIpc) is 2.98. The van der Waals surface area contributed by atoms with Gasteiger partial charge < -0.3 is 15.6 Å². The molecule has 0 saturated heterocycles. The van der Waals surface area contributed by atoms with E-state index < -0.39 is 4.92 Å². The Morgan fingerprint density at radius 3 is 3.00 bits per heavy atom. The first kappa shape index (κ1) is 13.3. The zero-order chi connectivity index (χ0) is 14.8. The lowest BCUT2D eigenvalue weighted by Crippen LogP contribution is -2.25. The van der Waals surface area contributed by atoms with Gasteiger partial charge in [0.15, 0.2) is 0 Å². The molecular weight excluding hydrogens is 272 g/mol. The van der Waals surface area contributed by atoms with E-state index in [4.69, 9.17) is 0 Å². The van der Waals surface area contributed by atoms with Crippen molar-refractivity contribution >= 4 is 17.3 Å². The predicted octanol–water partition coefficient (Wildman–Crippen LogP) is 1.82. The molecule has 1 aromatic carbocycles. The molecule has 0 fully saturated rings. The Kier molecular flexibility index (Phi) is 3.41. The van der Waals surface area contributed by atoms with E-state index in [1.807, 2.05) is 18.2 Å². The highest BCUT2D eigenvalue weighted by Gasteiger charge is 2.17. The maximum atomic E-state index is 12.2. The van der Waals surface area contributed by atoms with E-state index in [1.165, 1.54) is 12.3 Å². The van der Waals surface area contributed by atoms with Gasteiger partial charge in [0.05, 0.1) is 11.1 Å². The fourth-order valence-electron chi connectivity index (χ4n) is 2.46. The number of aromatic amines is 1. The van der Waals surface area contributed by atoms with Crippen LogP contribution in [0.25, 0.3) is 0 Å². The zero-order valence-corrected chi connectivity index (χ0v) is 11.2. The number of hydrogen-bond donors (Lipinski definition) is 3. The summed E-state index contributed by atoms with van der Waals surface area (Å²) in [5.74, 6) is -0.380. The average molecular weight is 286 g/mol. The lowest BCUT2D eigenvalue weighted by molar-refractivity contribution is -0.384. The molecule has 1 amide bonds. The molecule has 0 radical (unpaired) electrons. The largest absolute Gasteiger partial charge is 0.351 e. The van der Waals surface area contributed by atoms with Gasteiger partial charge in [-0.25, -0.2) is 0 Å². The molecule has 0 saturated carbocycles. The standard InChI is InChI=1S/C14H14N4O3/c19-14(13-6-10(8-16-13)18(20)21)17-12-3-1-2-9-7-15-5-4-11(9)12/h1-3,6,8,15-16H,4-5,7H2,(H,17,19). The SMILES string of the molecule is O=C(Nc1cccc2c1CCNC2)c1cc([N+](=O)[O-])c[nH]1. The fourth-order valence-corrected chi connectivity index (χ4v) is 2.46. The van der Waals surface area contributed by atoms with Crippen LogP contribution >= 0.6 is 0 Å². The number of hydrogen-bond acceptors (Lipinski definition) is 4. The Balaban J connectivity index is 1.83. The molecular formula is C14H14N4O3. The van der Waals surface area contributed by atoms with E-state index in [9.17, 15) is 14.9 Å². The number of fused-ring (bicyclic) bond motifs is 1. The van der Waals surface area contributed by atoms with Gasteiger partial charge in [-0.3, -0.25) is 14.9 Å². The predicted molar refractivity (Wildman–Crippen MR) is 77.3 cm³/mol. The number of anilines is 1. The molecule has 0 bridgehead atoms. The lowest BCUT2D eigenvalue weighted by Gasteiger charge is -2.20. The van der Waals surface area contributed by atoms with Crippen LogP contribution in [0.3, 0.4) is 0 Å². The molecule has 1 aromatic heterocycles. The summed E-state index contributed by atoms with van der Waals surface area (Å²) < 4.78 is 0. The highest BCUT2D eigenvalue weighted by atomic mass is 16.6. The fraction of sp³-hybridized carbons (Fsp3) is 0.214. The first-order valence-corrected chi connectivity index (χ1v) is 6.61. The van der Waals surface area contributed by atoms with Crippen molar-refractivity contribution in [1.82, 2.24) is 10.3 Å². The summed E-state index contributed by atoms with van der Waals surface area (Å²) in [6.07, 6.45) is 2.05. The summed E-state index contributed by atoms with van der Waals surface area (Å²) in [6.45, 7) is 1.65. The molecule has 2 heterocycles. The molecule has 2 aromatic rings. The van der Waals surface area contributed by atoms with Crippen molar-refractivity contribution in [2.24, 2.45) is 0 Å². The Bertz CT molecular complexity index is 708. The van der Waals surface area contributed by atoms with E-state index in [-0.39, 0.29) is 17.3 Å². The first-order chi connectivity index (χ1) is 10.1. The van der Waals surface area contributed by atoms with Crippen LogP contribution in [-0.4, -0.2) is 22.4 Å². The van der Waals surface area contributed by atoms with Crippen molar-refractivity contribution in [2.75, 3.05) is 11.9 Å². The van der Waals surface area contributed by atoms with E-state index >= 15 is 0 Å². The van der Waals surface area contributed by atoms with Crippen LogP contribution in [-0.2, 0) is 13.0 Å². The van der Waals surface area contributed by atoms with Gasteiger partial charge in [0.1, 0.15) is 5.69 Å².